The molecule has 0 radical (unpaired) electrons. The van der Waals surface area contributed by atoms with Gasteiger partial charge in [-0.3, -0.25) is 14.3 Å². The topological polar surface area (TPSA) is 85.7 Å². The summed E-state index contributed by atoms with van der Waals surface area (Å²) >= 11 is 6.00. The Kier molecular flexibility index (Phi) is 8.24. The molecule has 3 rings (SSSR count). The van der Waals surface area contributed by atoms with Gasteiger partial charge in [0.25, 0.3) is 5.56 Å². The van der Waals surface area contributed by atoms with E-state index in [1.807, 2.05) is 0 Å². The minimum Gasteiger partial charge on any atom is -0.488 e. The molecule has 2 aromatic carbocycles. The fourth-order valence-corrected chi connectivity index (χ4v) is 3.34. The summed E-state index contributed by atoms with van der Waals surface area (Å²) in [6.07, 6.45) is 0.404. The summed E-state index contributed by atoms with van der Waals surface area (Å²) in [4.78, 5) is 31.6. The van der Waals surface area contributed by atoms with E-state index in [9.17, 15) is 14.0 Å². The molecule has 0 atom stereocenters. The summed E-state index contributed by atoms with van der Waals surface area (Å²) in [5.74, 6) is -0.272. The Morgan fingerprint density at radius 3 is 2.44 bits per heavy atom. The zero-order valence-electron chi connectivity index (χ0n) is 21.1. The monoisotopic (exact) mass is 516 g/mol. The minimum atomic E-state index is -0.738. The second-order valence-electron chi connectivity index (χ2n) is 9.46. The molecule has 0 bridgehead atoms. The maximum absolute atomic E-state index is 14.5. The maximum atomic E-state index is 14.5. The van der Waals surface area contributed by atoms with Gasteiger partial charge in [0.2, 0.25) is 5.95 Å². The van der Waals surface area contributed by atoms with E-state index >= 15 is 0 Å². The predicted molar refractivity (Wildman–Crippen MR) is 139 cm³/mol. The highest BCUT2D eigenvalue weighted by molar-refractivity contribution is 6.30. The van der Waals surface area contributed by atoms with Crippen LogP contribution in [0.5, 0.6) is 5.75 Å². The van der Waals surface area contributed by atoms with E-state index in [1.54, 1.807) is 65.0 Å². The quantitative estimate of drug-likeness (QED) is 0.415. The molecule has 3 aromatic rings. The van der Waals surface area contributed by atoms with Crippen molar-refractivity contribution in [1.82, 2.24) is 9.55 Å². The predicted octanol–water partition coefficient (Wildman–Crippen LogP) is 5.99. The summed E-state index contributed by atoms with van der Waals surface area (Å²) in [5.41, 5.74) is -0.0615. The van der Waals surface area contributed by atoms with E-state index in [2.05, 4.69) is 10.3 Å². The second kappa shape index (κ2) is 11.0. The largest absolute Gasteiger partial charge is 0.488 e. The number of hydrogen-bond donors (Lipinski definition) is 1. The first-order valence-corrected chi connectivity index (χ1v) is 11.8. The molecular weight excluding hydrogens is 487 g/mol. The molecule has 1 heterocycles. The Morgan fingerprint density at radius 2 is 1.86 bits per heavy atom. The first-order valence-electron chi connectivity index (χ1n) is 11.4. The van der Waals surface area contributed by atoms with Crippen molar-refractivity contribution in [1.29, 1.82) is 0 Å². The second-order valence-corrected chi connectivity index (χ2v) is 9.90. The molecule has 36 heavy (non-hydrogen) atoms. The van der Waals surface area contributed by atoms with Crippen molar-refractivity contribution in [3.63, 3.8) is 0 Å². The Bertz CT molecular complexity index is 1290. The lowest BCUT2D eigenvalue weighted by molar-refractivity contribution is 0.0588. The fraction of sp³-hybridized carbons (Fsp3) is 0.346. The van der Waals surface area contributed by atoms with Gasteiger partial charge in [-0.1, -0.05) is 23.7 Å². The van der Waals surface area contributed by atoms with Crippen LogP contribution >= 0.6 is 11.6 Å². The van der Waals surface area contributed by atoms with Crippen LogP contribution in [0.2, 0.25) is 5.02 Å². The molecule has 0 unspecified atom stereocenters. The third-order valence-electron chi connectivity index (χ3n) is 4.86. The van der Waals surface area contributed by atoms with Gasteiger partial charge in [-0.2, -0.15) is 0 Å². The van der Waals surface area contributed by atoms with Crippen molar-refractivity contribution < 1.29 is 18.7 Å². The minimum absolute atomic E-state index is 0.0237. The summed E-state index contributed by atoms with van der Waals surface area (Å²) in [6.45, 7) is 8.94. The average molecular weight is 517 g/mol. The number of anilines is 3. The van der Waals surface area contributed by atoms with Gasteiger partial charge in [-0.05, 0) is 64.4 Å². The third kappa shape index (κ3) is 6.97. The van der Waals surface area contributed by atoms with Crippen LogP contribution in [0.1, 0.15) is 40.2 Å². The van der Waals surface area contributed by atoms with Crippen LogP contribution in [-0.2, 0) is 11.3 Å². The SMILES string of the molecule is CC(C)Oc1ccc(Nc2ncc(N(C)C(=O)OC(C)(C)C)c(=O)n2Cc2ccc(Cl)cc2)cc1F. The number of nitrogens with one attached hydrogen (secondary N) is 1. The van der Waals surface area contributed by atoms with Crippen LogP contribution in [0.3, 0.4) is 0 Å². The number of ether oxygens (including phenoxy) is 2. The van der Waals surface area contributed by atoms with Crippen LogP contribution in [0, 0.1) is 5.82 Å². The average Bonchev–Trinajstić information content (AvgIpc) is 2.77. The van der Waals surface area contributed by atoms with E-state index in [0.717, 1.165) is 10.5 Å². The van der Waals surface area contributed by atoms with Gasteiger partial charge < -0.3 is 14.8 Å². The lowest BCUT2D eigenvalue weighted by atomic mass is 10.2. The van der Waals surface area contributed by atoms with E-state index in [-0.39, 0.29) is 30.0 Å². The number of hydrogen-bond acceptors (Lipinski definition) is 6. The Morgan fingerprint density at radius 1 is 1.19 bits per heavy atom. The van der Waals surface area contributed by atoms with Gasteiger partial charge in [0.15, 0.2) is 11.6 Å². The number of amides is 1. The summed E-state index contributed by atoms with van der Waals surface area (Å²) in [5, 5.41) is 3.55. The van der Waals surface area contributed by atoms with Crippen molar-refractivity contribution >= 4 is 35.0 Å². The number of nitrogens with zero attached hydrogens (tertiary/aromatic N) is 3. The number of aromatic nitrogens is 2. The van der Waals surface area contributed by atoms with Crippen molar-refractivity contribution in [2.75, 3.05) is 17.3 Å². The van der Waals surface area contributed by atoms with Crippen molar-refractivity contribution in [3.8, 4) is 5.75 Å². The number of carbonyl (C=O) groups is 1. The van der Waals surface area contributed by atoms with Crippen molar-refractivity contribution in [2.24, 2.45) is 0 Å². The Balaban J connectivity index is 2.01. The van der Waals surface area contributed by atoms with Gasteiger partial charge in [-0.25, -0.2) is 14.2 Å². The fourth-order valence-electron chi connectivity index (χ4n) is 3.22. The number of benzene rings is 2. The number of rotatable bonds is 7. The molecule has 8 nitrogen and oxygen atoms in total. The first kappa shape index (κ1) is 27.0. The molecule has 1 aromatic heterocycles. The van der Waals surface area contributed by atoms with Crippen LogP contribution in [0.4, 0.5) is 26.5 Å². The number of carbonyl (C=O) groups excluding carboxylic acids is 1. The van der Waals surface area contributed by atoms with E-state index in [1.165, 1.54) is 29.9 Å². The first-order chi connectivity index (χ1) is 16.8. The van der Waals surface area contributed by atoms with Gasteiger partial charge >= 0.3 is 6.09 Å². The third-order valence-corrected chi connectivity index (χ3v) is 5.11. The molecule has 0 saturated heterocycles. The van der Waals surface area contributed by atoms with Crippen molar-refractivity contribution in [3.05, 3.63) is 75.4 Å². The van der Waals surface area contributed by atoms with Crippen LogP contribution in [-0.4, -0.2) is 34.4 Å². The van der Waals surface area contributed by atoms with E-state index < -0.39 is 23.1 Å². The maximum Gasteiger partial charge on any atom is 0.414 e. The highest BCUT2D eigenvalue weighted by Gasteiger charge is 2.24. The van der Waals surface area contributed by atoms with E-state index in [4.69, 9.17) is 21.1 Å². The molecule has 0 aliphatic carbocycles. The van der Waals surface area contributed by atoms with Crippen molar-refractivity contribution in [2.45, 2.75) is 52.9 Å². The standard InChI is InChI=1S/C26H30ClFN4O4/c1-16(2)35-22-12-11-19(13-20(22)28)30-24-29-14-21(31(6)25(34)36-26(3,4)5)23(33)32(24)15-17-7-9-18(27)10-8-17/h7-14,16H,15H2,1-6H3,(H,29,30). The summed E-state index contributed by atoms with van der Waals surface area (Å²) < 4.78 is 26.7. The molecule has 192 valence electrons. The smallest absolute Gasteiger partial charge is 0.414 e. The molecule has 10 heteroatoms. The molecule has 1 N–H and O–H groups in total. The number of halogens is 2. The van der Waals surface area contributed by atoms with Crippen LogP contribution in [0.15, 0.2) is 53.5 Å². The lowest BCUT2D eigenvalue weighted by Gasteiger charge is -2.25. The molecule has 0 fully saturated rings. The molecule has 0 saturated carbocycles. The molecule has 1 amide bonds. The molecule has 0 aliphatic rings. The van der Waals surface area contributed by atoms with Gasteiger partial charge in [0.1, 0.15) is 11.3 Å². The zero-order chi connectivity index (χ0) is 26.6. The summed E-state index contributed by atoms with van der Waals surface area (Å²) in [7, 11) is 1.44. The highest BCUT2D eigenvalue weighted by atomic mass is 35.5. The normalized spacial score (nSPS) is 11.4. The lowest BCUT2D eigenvalue weighted by Crippen LogP contribution is -2.38. The van der Waals surface area contributed by atoms with Crippen LogP contribution < -0.4 is 20.5 Å². The Hall–Kier alpha value is -3.59. The Labute approximate surface area is 214 Å². The molecule has 0 spiro atoms. The molecule has 0 aliphatic heterocycles. The van der Waals surface area contributed by atoms with Gasteiger partial charge in [-0.15, -0.1) is 0 Å². The molecular formula is C26H30ClFN4O4. The van der Waals surface area contributed by atoms with Gasteiger partial charge in [0.05, 0.1) is 18.8 Å². The zero-order valence-corrected chi connectivity index (χ0v) is 21.9. The van der Waals surface area contributed by atoms with Gasteiger partial charge in [0, 0.05) is 23.8 Å². The van der Waals surface area contributed by atoms with E-state index in [0.29, 0.717) is 10.7 Å². The van der Waals surface area contributed by atoms with Crippen LogP contribution in [0.25, 0.3) is 0 Å². The summed E-state index contributed by atoms with van der Waals surface area (Å²) in [6, 6.07) is 11.4. The highest BCUT2D eigenvalue weighted by Crippen LogP contribution is 2.25.